The number of nitrogens with zero attached hydrogens (tertiary/aromatic N) is 2. The van der Waals surface area contributed by atoms with Crippen molar-refractivity contribution in [2.45, 2.75) is 31.0 Å². The van der Waals surface area contributed by atoms with Gasteiger partial charge in [-0.2, -0.15) is 0 Å². The van der Waals surface area contributed by atoms with Crippen LogP contribution >= 0.6 is 11.8 Å². The van der Waals surface area contributed by atoms with Crippen LogP contribution in [0.3, 0.4) is 0 Å². The molecule has 0 amide bonds. The molecule has 0 fully saturated rings. The van der Waals surface area contributed by atoms with E-state index in [2.05, 4.69) is 15.5 Å². The maximum atomic E-state index is 11.6. The van der Waals surface area contributed by atoms with Crippen molar-refractivity contribution in [2.75, 3.05) is 19.9 Å². The quantitative estimate of drug-likeness (QED) is 0.603. The Morgan fingerprint density at radius 1 is 1.59 bits per heavy atom. The van der Waals surface area contributed by atoms with Gasteiger partial charge >= 0.3 is 5.97 Å². The van der Waals surface area contributed by atoms with Crippen LogP contribution in [0.2, 0.25) is 0 Å². The second-order valence-electron chi connectivity index (χ2n) is 3.76. The topological polar surface area (TPSA) is 77.3 Å². The zero-order chi connectivity index (χ0) is 12.9. The maximum absolute atomic E-state index is 11.6. The molecule has 1 rings (SSSR count). The van der Waals surface area contributed by atoms with Gasteiger partial charge < -0.3 is 14.5 Å². The molecule has 0 aliphatic heterocycles. The molecule has 0 radical (unpaired) electrons. The Morgan fingerprint density at radius 2 is 2.29 bits per heavy atom. The Hall–Kier alpha value is -1.08. The number of thioether (sulfide) groups is 1. The first-order valence-corrected chi connectivity index (χ1v) is 6.20. The lowest BCUT2D eigenvalue weighted by Gasteiger charge is -2.25. The zero-order valence-electron chi connectivity index (χ0n) is 10.4. The lowest BCUT2D eigenvalue weighted by Crippen LogP contribution is -2.48. The van der Waals surface area contributed by atoms with Gasteiger partial charge in [-0.3, -0.25) is 4.79 Å². The van der Waals surface area contributed by atoms with Crippen molar-refractivity contribution in [3.8, 4) is 0 Å². The highest BCUT2D eigenvalue weighted by molar-refractivity contribution is 7.99. The number of ether oxygens (including phenoxy) is 1. The first-order chi connectivity index (χ1) is 8.01. The molecular weight excluding hydrogens is 242 g/mol. The molecule has 1 aromatic rings. The smallest absolute Gasteiger partial charge is 0.325 e. The molecule has 0 bridgehead atoms. The third-order valence-electron chi connectivity index (χ3n) is 2.52. The van der Waals surface area contributed by atoms with E-state index in [0.717, 1.165) is 0 Å². The van der Waals surface area contributed by atoms with Crippen LogP contribution in [0.5, 0.6) is 0 Å². The van der Waals surface area contributed by atoms with Gasteiger partial charge in [-0.25, -0.2) is 0 Å². The number of rotatable bonds is 6. The Morgan fingerprint density at radius 3 is 2.76 bits per heavy atom. The summed E-state index contributed by atoms with van der Waals surface area (Å²) < 4.78 is 9.97. The molecule has 7 heteroatoms. The summed E-state index contributed by atoms with van der Waals surface area (Å²) in [7, 11) is 3.12. The van der Waals surface area contributed by atoms with Crippen molar-refractivity contribution >= 4 is 17.7 Å². The van der Waals surface area contributed by atoms with Crippen LogP contribution in [0.15, 0.2) is 9.64 Å². The lowest BCUT2D eigenvalue weighted by atomic mass is 10.00. The lowest BCUT2D eigenvalue weighted by molar-refractivity contribution is -0.147. The summed E-state index contributed by atoms with van der Waals surface area (Å²) in [5, 5.41) is 11.1. The van der Waals surface area contributed by atoms with Gasteiger partial charge in [0.1, 0.15) is 5.54 Å². The minimum Gasteiger partial charge on any atom is -0.468 e. The third kappa shape index (κ3) is 3.71. The molecule has 0 aliphatic carbocycles. The molecule has 0 aliphatic rings. The number of hydrogen-bond acceptors (Lipinski definition) is 7. The summed E-state index contributed by atoms with van der Waals surface area (Å²) in [6.07, 6.45) is 0.613. The average Bonchev–Trinajstić information content (AvgIpc) is 2.73. The average molecular weight is 259 g/mol. The van der Waals surface area contributed by atoms with E-state index in [1.54, 1.807) is 20.9 Å². The van der Waals surface area contributed by atoms with E-state index in [1.165, 1.54) is 18.9 Å². The van der Waals surface area contributed by atoms with Crippen molar-refractivity contribution in [1.82, 2.24) is 15.5 Å². The largest absolute Gasteiger partial charge is 0.468 e. The van der Waals surface area contributed by atoms with Gasteiger partial charge in [-0.05, 0) is 20.4 Å². The van der Waals surface area contributed by atoms with Crippen LogP contribution in [0.1, 0.15) is 19.2 Å². The molecule has 0 aromatic carbocycles. The second-order valence-corrected chi connectivity index (χ2v) is 4.81. The van der Waals surface area contributed by atoms with Crippen LogP contribution < -0.4 is 5.32 Å². The molecule has 0 saturated heterocycles. The van der Waals surface area contributed by atoms with E-state index < -0.39 is 5.54 Å². The van der Waals surface area contributed by atoms with E-state index in [4.69, 9.17) is 9.15 Å². The summed E-state index contributed by atoms with van der Waals surface area (Å²) in [4.78, 5) is 11.6. The first kappa shape index (κ1) is 14.0. The number of esters is 1. The number of carbonyl (C=O) groups excluding carboxylic acids is 1. The highest BCUT2D eigenvalue weighted by atomic mass is 32.2. The monoisotopic (exact) mass is 259 g/mol. The van der Waals surface area contributed by atoms with Crippen LogP contribution in [-0.2, 0) is 9.53 Å². The molecule has 17 heavy (non-hydrogen) atoms. The minimum absolute atomic E-state index is 0.276. The summed E-state index contributed by atoms with van der Waals surface area (Å²) in [5.41, 5.74) is -0.684. The summed E-state index contributed by atoms with van der Waals surface area (Å²) in [6, 6.07) is 0. The van der Waals surface area contributed by atoms with Crippen LogP contribution in [0.4, 0.5) is 0 Å². The number of aromatic nitrogens is 2. The van der Waals surface area contributed by atoms with Gasteiger partial charge in [-0.1, -0.05) is 11.8 Å². The van der Waals surface area contributed by atoms with Crippen molar-refractivity contribution < 1.29 is 13.9 Å². The number of likely N-dealkylation sites (N-methyl/N-ethyl adjacent to an activating group) is 1. The standard InChI is InChI=1S/C10H17N3O3S/c1-7-12-13-9(16-7)17-6-5-10(2,11-3)8(14)15-4/h11H,5-6H2,1-4H3. The molecule has 1 heterocycles. The van der Waals surface area contributed by atoms with E-state index in [1.807, 2.05) is 0 Å². The number of hydrogen-bond donors (Lipinski definition) is 1. The SMILES string of the molecule is CNC(C)(CCSc1nnc(C)o1)C(=O)OC. The van der Waals surface area contributed by atoms with Gasteiger partial charge in [0.15, 0.2) is 0 Å². The Balaban J connectivity index is 2.46. The summed E-state index contributed by atoms with van der Waals surface area (Å²) in [6.45, 7) is 3.54. The van der Waals surface area contributed by atoms with Crippen molar-refractivity contribution in [2.24, 2.45) is 0 Å². The first-order valence-electron chi connectivity index (χ1n) is 5.22. The van der Waals surface area contributed by atoms with Crippen molar-refractivity contribution in [3.63, 3.8) is 0 Å². The number of methoxy groups -OCH3 is 1. The molecule has 1 N–H and O–H groups in total. The van der Waals surface area contributed by atoms with Gasteiger partial charge in [0.2, 0.25) is 5.89 Å². The van der Waals surface area contributed by atoms with Crippen molar-refractivity contribution in [3.05, 3.63) is 5.89 Å². The number of carbonyl (C=O) groups is 1. The van der Waals surface area contributed by atoms with E-state index in [-0.39, 0.29) is 5.97 Å². The zero-order valence-corrected chi connectivity index (χ0v) is 11.3. The molecule has 6 nitrogen and oxygen atoms in total. The molecule has 96 valence electrons. The van der Waals surface area contributed by atoms with Crippen LogP contribution in [0.25, 0.3) is 0 Å². The highest BCUT2D eigenvalue weighted by Crippen LogP contribution is 2.21. The Kier molecular flexibility index (Phi) is 4.95. The molecule has 1 atom stereocenters. The number of nitrogens with one attached hydrogen (secondary N) is 1. The molecule has 0 spiro atoms. The van der Waals surface area contributed by atoms with Crippen molar-refractivity contribution in [1.29, 1.82) is 0 Å². The van der Waals surface area contributed by atoms with E-state index >= 15 is 0 Å². The Labute approximate surface area is 105 Å². The van der Waals surface area contributed by atoms with Gasteiger partial charge in [0.25, 0.3) is 5.22 Å². The van der Waals surface area contributed by atoms with Gasteiger partial charge in [0.05, 0.1) is 7.11 Å². The van der Waals surface area contributed by atoms with E-state index in [0.29, 0.717) is 23.3 Å². The predicted octanol–water partition coefficient (Wildman–Crippen LogP) is 1.01. The van der Waals surface area contributed by atoms with E-state index in [9.17, 15) is 4.79 Å². The predicted molar refractivity (Wildman–Crippen MR) is 63.9 cm³/mol. The van der Waals surface area contributed by atoms with Gasteiger partial charge in [0, 0.05) is 12.7 Å². The fourth-order valence-electron chi connectivity index (χ4n) is 1.23. The second kappa shape index (κ2) is 6.02. The third-order valence-corrected chi connectivity index (χ3v) is 3.34. The fraction of sp³-hybridized carbons (Fsp3) is 0.700. The fourth-order valence-corrected chi connectivity index (χ4v) is 2.20. The normalized spacial score (nSPS) is 14.4. The number of aryl methyl sites for hydroxylation is 1. The summed E-state index contributed by atoms with van der Waals surface area (Å²) >= 11 is 1.42. The Bertz CT molecular complexity index is 383. The molecule has 0 saturated carbocycles. The maximum Gasteiger partial charge on any atom is 0.325 e. The van der Waals surface area contributed by atoms with Crippen LogP contribution in [0, 0.1) is 6.92 Å². The molecule has 1 unspecified atom stereocenters. The van der Waals surface area contributed by atoms with Crippen LogP contribution in [-0.4, -0.2) is 41.6 Å². The summed E-state index contributed by atoms with van der Waals surface area (Å²) in [5.74, 6) is 0.952. The molecule has 1 aromatic heterocycles. The molecular formula is C10H17N3O3S. The van der Waals surface area contributed by atoms with Gasteiger partial charge in [-0.15, -0.1) is 10.2 Å². The minimum atomic E-state index is -0.684. The highest BCUT2D eigenvalue weighted by Gasteiger charge is 2.32.